The van der Waals surface area contributed by atoms with E-state index in [9.17, 15) is 9.59 Å². The molecule has 0 aliphatic heterocycles. The van der Waals surface area contributed by atoms with Gasteiger partial charge in [0.2, 0.25) is 0 Å². The van der Waals surface area contributed by atoms with Crippen LogP contribution < -0.4 is 11.2 Å². The molecule has 0 saturated carbocycles. The van der Waals surface area contributed by atoms with E-state index < -0.39 is 11.2 Å². The molecule has 3 heterocycles. The van der Waals surface area contributed by atoms with Gasteiger partial charge in [-0.1, -0.05) is 6.92 Å². The Balaban J connectivity index is 2.33. The van der Waals surface area contributed by atoms with Crippen LogP contribution in [-0.2, 0) is 6.54 Å². The van der Waals surface area contributed by atoms with Gasteiger partial charge in [-0.25, -0.2) is 14.8 Å². The van der Waals surface area contributed by atoms with E-state index >= 15 is 0 Å². The van der Waals surface area contributed by atoms with Gasteiger partial charge in [0, 0.05) is 6.54 Å². The highest BCUT2D eigenvalue weighted by Gasteiger charge is 2.15. The molecule has 104 valence electrons. The van der Waals surface area contributed by atoms with Crippen molar-refractivity contribution in [3.05, 3.63) is 32.0 Å². The molecule has 0 aliphatic rings. The molecule has 3 aromatic heterocycles. The molecule has 0 bridgehead atoms. The number of nitrogens with one attached hydrogen (secondary N) is 2. The minimum absolute atomic E-state index is 0.320. The number of nitrogens with zero attached hydrogens (tertiary/aromatic N) is 3. The molecule has 0 unspecified atom stereocenters. The molecule has 8 heteroatoms. The maximum atomic E-state index is 11.9. The standard InChI is InChI=1S/C12H13N5O2S/c1-3-4-17-10-7(11(18)16-12(17)19)14-9(15-10)8-6(2)13-5-20-8/h5H,3-4H2,1-2H3,(H,14,15)(H,16,18,19). The molecule has 0 saturated heterocycles. The summed E-state index contributed by atoms with van der Waals surface area (Å²) in [4.78, 5) is 38.5. The first-order valence-corrected chi connectivity index (χ1v) is 7.13. The van der Waals surface area contributed by atoms with Gasteiger partial charge < -0.3 is 4.98 Å². The van der Waals surface area contributed by atoms with Crippen molar-refractivity contribution in [1.82, 2.24) is 24.5 Å². The molecule has 0 atom stereocenters. The van der Waals surface area contributed by atoms with Crippen molar-refractivity contribution in [3.63, 3.8) is 0 Å². The molecule has 0 aromatic carbocycles. The molecular weight excluding hydrogens is 278 g/mol. The van der Waals surface area contributed by atoms with E-state index in [0.717, 1.165) is 17.0 Å². The maximum Gasteiger partial charge on any atom is 0.330 e. The number of hydrogen-bond donors (Lipinski definition) is 2. The van der Waals surface area contributed by atoms with Crippen LogP contribution in [-0.4, -0.2) is 24.5 Å². The van der Waals surface area contributed by atoms with Crippen LogP contribution in [0.1, 0.15) is 19.0 Å². The van der Waals surface area contributed by atoms with Crippen molar-refractivity contribution >= 4 is 22.5 Å². The molecule has 0 aliphatic carbocycles. The Morgan fingerprint density at radius 3 is 2.80 bits per heavy atom. The highest BCUT2D eigenvalue weighted by atomic mass is 32.1. The van der Waals surface area contributed by atoms with Crippen molar-refractivity contribution in [2.75, 3.05) is 0 Å². The Hall–Kier alpha value is -2.22. The van der Waals surface area contributed by atoms with Gasteiger partial charge in [-0.2, -0.15) is 0 Å². The van der Waals surface area contributed by atoms with Crippen LogP contribution in [0, 0.1) is 6.92 Å². The zero-order valence-electron chi connectivity index (χ0n) is 11.1. The second-order valence-electron chi connectivity index (χ2n) is 4.46. The topological polar surface area (TPSA) is 96.4 Å². The number of H-pyrrole nitrogens is 2. The lowest BCUT2D eigenvalue weighted by molar-refractivity contribution is 0.653. The first-order valence-electron chi connectivity index (χ1n) is 6.25. The van der Waals surface area contributed by atoms with Crippen LogP contribution in [0.4, 0.5) is 0 Å². The molecular formula is C12H13N5O2S. The van der Waals surface area contributed by atoms with Crippen molar-refractivity contribution in [1.29, 1.82) is 0 Å². The quantitative estimate of drug-likeness (QED) is 0.759. The van der Waals surface area contributed by atoms with Gasteiger partial charge in [-0.05, 0) is 13.3 Å². The molecule has 3 rings (SSSR count). The van der Waals surface area contributed by atoms with Crippen LogP contribution in [0.15, 0.2) is 15.1 Å². The van der Waals surface area contributed by atoms with Crippen molar-refractivity contribution < 1.29 is 0 Å². The normalized spacial score (nSPS) is 11.3. The van der Waals surface area contributed by atoms with Gasteiger partial charge in [-0.15, -0.1) is 11.3 Å². The highest BCUT2D eigenvalue weighted by Crippen LogP contribution is 2.25. The summed E-state index contributed by atoms with van der Waals surface area (Å²) in [7, 11) is 0. The largest absolute Gasteiger partial charge is 0.331 e. The van der Waals surface area contributed by atoms with Crippen LogP contribution >= 0.6 is 11.3 Å². The molecule has 0 amide bonds. The van der Waals surface area contributed by atoms with Crippen LogP contribution in [0.25, 0.3) is 21.9 Å². The number of aromatic nitrogens is 5. The first kappa shape index (κ1) is 12.8. The first-order chi connectivity index (χ1) is 9.61. The molecule has 0 spiro atoms. The average molecular weight is 291 g/mol. The molecule has 0 fully saturated rings. The fraction of sp³-hybridized carbons (Fsp3) is 0.333. The summed E-state index contributed by atoms with van der Waals surface area (Å²) in [5.74, 6) is 0.570. The number of hydrogen-bond acceptors (Lipinski definition) is 5. The monoisotopic (exact) mass is 291 g/mol. The predicted molar refractivity (Wildman–Crippen MR) is 77.1 cm³/mol. The van der Waals surface area contributed by atoms with Gasteiger partial charge in [-0.3, -0.25) is 14.3 Å². The van der Waals surface area contributed by atoms with E-state index in [0.29, 0.717) is 23.5 Å². The summed E-state index contributed by atoms with van der Waals surface area (Å²) in [5, 5.41) is 0. The number of rotatable bonds is 3. The lowest BCUT2D eigenvalue weighted by atomic mass is 10.4. The molecule has 0 radical (unpaired) electrons. The SMILES string of the molecule is CCCn1c(=O)[nH]c(=O)c2[nH]c(-c3scnc3C)nc21. The number of imidazole rings is 1. The van der Waals surface area contributed by atoms with Crippen LogP contribution in [0.5, 0.6) is 0 Å². The second-order valence-corrected chi connectivity index (χ2v) is 5.32. The van der Waals surface area contributed by atoms with Crippen molar-refractivity contribution in [2.24, 2.45) is 0 Å². The van der Waals surface area contributed by atoms with E-state index in [2.05, 4.69) is 19.9 Å². The lowest BCUT2D eigenvalue weighted by Crippen LogP contribution is -2.30. The van der Waals surface area contributed by atoms with Gasteiger partial charge >= 0.3 is 5.69 Å². The Labute approximate surface area is 117 Å². The van der Waals surface area contributed by atoms with Gasteiger partial charge in [0.25, 0.3) is 5.56 Å². The summed E-state index contributed by atoms with van der Waals surface area (Å²) in [6.45, 7) is 4.35. The van der Waals surface area contributed by atoms with Crippen LogP contribution in [0.2, 0.25) is 0 Å². The molecule has 7 nitrogen and oxygen atoms in total. The van der Waals surface area contributed by atoms with Gasteiger partial charge in [0.1, 0.15) is 5.52 Å². The molecule has 20 heavy (non-hydrogen) atoms. The van der Waals surface area contributed by atoms with E-state index in [1.165, 1.54) is 15.9 Å². The lowest BCUT2D eigenvalue weighted by Gasteiger charge is -2.02. The van der Waals surface area contributed by atoms with Gasteiger partial charge in [0.05, 0.1) is 16.1 Å². The van der Waals surface area contributed by atoms with Crippen molar-refractivity contribution in [3.8, 4) is 10.7 Å². The number of thiazole rings is 1. The Morgan fingerprint density at radius 1 is 1.35 bits per heavy atom. The van der Waals surface area contributed by atoms with E-state index in [-0.39, 0.29) is 0 Å². The fourth-order valence-corrected chi connectivity index (χ4v) is 2.86. The minimum atomic E-state index is -0.446. The number of fused-ring (bicyclic) bond motifs is 1. The minimum Gasteiger partial charge on any atom is -0.331 e. The van der Waals surface area contributed by atoms with E-state index in [1.54, 1.807) is 5.51 Å². The third kappa shape index (κ3) is 1.88. The number of aromatic amines is 2. The summed E-state index contributed by atoms with van der Waals surface area (Å²) in [6.07, 6.45) is 0.781. The Kier molecular flexibility index (Phi) is 3.01. The van der Waals surface area contributed by atoms with E-state index in [4.69, 9.17) is 0 Å². The van der Waals surface area contributed by atoms with E-state index in [1.807, 2.05) is 13.8 Å². The summed E-state index contributed by atoms with van der Waals surface area (Å²) in [5.41, 5.74) is 2.40. The molecule has 3 aromatic rings. The smallest absolute Gasteiger partial charge is 0.330 e. The highest BCUT2D eigenvalue weighted by molar-refractivity contribution is 7.13. The third-order valence-corrected chi connectivity index (χ3v) is 3.98. The fourth-order valence-electron chi connectivity index (χ4n) is 2.11. The van der Waals surface area contributed by atoms with Crippen LogP contribution in [0.3, 0.4) is 0 Å². The maximum absolute atomic E-state index is 11.9. The summed E-state index contributed by atoms with van der Waals surface area (Å²) in [6, 6.07) is 0. The third-order valence-electron chi connectivity index (χ3n) is 3.04. The zero-order valence-corrected chi connectivity index (χ0v) is 11.9. The summed E-state index contributed by atoms with van der Waals surface area (Å²) >= 11 is 1.44. The molecule has 2 N–H and O–H groups in total. The Bertz CT molecular complexity index is 885. The van der Waals surface area contributed by atoms with Gasteiger partial charge in [0.15, 0.2) is 11.5 Å². The van der Waals surface area contributed by atoms with Crippen molar-refractivity contribution in [2.45, 2.75) is 26.8 Å². The Morgan fingerprint density at radius 2 is 2.15 bits per heavy atom. The zero-order chi connectivity index (χ0) is 14.3. The second kappa shape index (κ2) is 4.71. The number of aryl methyl sites for hydroxylation is 2. The summed E-state index contributed by atoms with van der Waals surface area (Å²) < 4.78 is 1.48. The average Bonchev–Trinajstić information content (AvgIpc) is 3.00. The predicted octanol–water partition coefficient (Wildman–Crippen LogP) is 1.25.